The van der Waals surface area contributed by atoms with Gasteiger partial charge >= 0.3 is 0 Å². The highest BCUT2D eigenvalue weighted by Gasteiger charge is 2.25. The molecule has 5 rings (SSSR count). The number of rotatable bonds is 4. The van der Waals surface area contributed by atoms with Gasteiger partial charge in [0.25, 0.3) is 0 Å². The first kappa shape index (κ1) is 18.2. The summed E-state index contributed by atoms with van der Waals surface area (Å²) in [4.78, 5) is 36.7. The highest BCUT2D eigenvalue weighted by atomic mass is 16.2. The lowest BCUT2D eigenvalue weighted by molar-refractivity contribution is -0.132. The minimum atomic E-state index is 0.0449. The Labute approximate surface area is 172 Å². The maximum absolute atomic E-state index is 13.0. The monoisotopic (exact) mass is 400 g/mol. The number of carbonyl (C=O) groups is 1. The number of amides is 1. The number of nitrogens with one attached hydrogen (secondary N) is 1. The molecule has 1 aromatic carbocycles. The first-order chi connectivity index (χ1) is 14.7. The van der Waals surface area contributed by atoms with Gasteiger partial charge < -0.3 is 14.8 Å². The van der Waals surface area contributed by atoms with E-state index in [1.165, 1.54) is 0 Å². The van der Waals surface area contributed by atoms with Crippen molar-refractivity contribution < 1.29 is 4.79 Å². The molecule has 0 atom stereocenters. The van der Waals surface area contributed by atoms with Crippen molar-refractivity contribution in [2.75, 3.05) is 11.9 Å². The first-order valence-electron chi connectivity index (χ1n) is 9.74. The van der Waals surface area contributed by atoms with Crippen LogP contribution < -0.4 is 5.32 Å². The minimum Gasteiger partial charge on any atom is -0.335 e. The van der Waals surface area contributed by atoms with E-state index in [1.807, 2.05) is 40.7 Å². The number of imidazole rings is 1. The standard InChI is InChI=1S/C21H20N8O/c1-14-25-17-11-28(20(30)12-29-13-24-16-4-2-3-5-18(16)29)9-6-15(17)21(26-14)27-19-10-22-7-8-23-19/h2-5,7-8,10,13H,6,9,11-12H2,1H3,(H,23,25,26,27). The van der Waals surface area contributed by atoms with Gasteiger partial charge in [0.2, 0.25) is 5.91 Å². The summed E-state index contributed by atoms with van der Waals surface area (Å²) in [6.45, 7) is 3.17. The normalized spacial score (nSPS) is 13.3. The fraction of sp³-hybridized carbons (Fsp3) is 0.238. The summed E-state index contributed by atoms with van der Waals surface area (Å²) in [5.74, 6) is 2.05. The van der Waals surface area contributed by atoms with Gasteiger partial charge in [0, 0.05) is 24.5 Å². The molecule has 9 nitrogen and oxygen atoms in total. The Hall–Kier alpha value is -3.88. The van der Waals surface area contributed by atoms with Crippen molar-refractivity contribution >= 4 is 28.6 Å². The number of para-hydroxylation sites is 2. The summed E-state index contributed by atoms with van der Waals surface area (Å²) in [6, 6.07) is 7.81. The second kappa shape index (κ2) is 7.51. The van der Waals surface area contributed by atoms with Gasteiger partial charge in [-0.1, -0.05) is 12.1 Å². The zero-order chi connectivity index (χ0) is 20.5. The molecule has 0 radical (unpaired) electrons. The largest absolute Gasteiger partial charge is 0.335 e. The van der Waals surface area contributed by atoms with Crippen molar-refractivity contribution in [1.82, 2.24) is 34.4 Å². The molecule has 0 saturated carbocycles. The number of hydrogen-bond acceptors (Lipinski definition) is 7. The van der Waals surface area contributed by atoms with E-state index in [2.05, 4.69) is 30.2 Å². The molecule has 1 N–H and O–H groups in total. The molecule has 0 aliphatic carbocycles. The topological polar surface area (TPSA) is 102 Å². The van der Waals surface area contributed by atoms with Crippen LogP contribution >= 0.6 is 0 Å². The summed E-state index contributed by atoms with van der Waals surface area (Å²) in [5.41, 5.74) is 3.72. The van der Waals surface area contributed by atoms with E-state index in [0.29, 0.717) is 31.2 Å². The fourth-order valence-corrected chi connectivity index (χ4v) is 3.74. The molecule has 9 heteroatoms. The average molecular weight is 400 g/mol. The molecule has 4 heterocycles. The van der Waals surface area contributed by atoms with Crippen molar-refractivity contribution in [1.29, 1.82) is 0 Å². The van der Waals surface area contributed by atoms with Crippen LogP contribution in [0.15, 0.2) is 49.2 Å². The van der Waals surface area contributed by atoms with Crippen LogP contribution in [0, 0.1) is 6.92 Å². The van der Waals surface area contributed by atoms with Crippen molar-refractivity contribution in [3.05, 3.63) is 66.3 Å². The molecular formula is C21H20N8O. The Bertz CT molecular complexity index is 1220. The van der Waals surface area contributed by atoms with E-state index < -0.39 is 0 Å². The lowest BCUT2D eigenvalue weighted by Crippen LogP contribution is -2.38. The smallest absolute Gasteiger partial charge is 0.242 e. The van der Waals surface area contributed by atoms with Crippen LogP contribution in [-0.4, -0.2) is 46.8 Å². The summed E-state index contributed by atoms with van der Waals surface area (Å²) in [6.07, 6.45) is 7.30. The molecular weight excluding hydrogens is 380 g/mol. The van der Waals surface area contributed by atoms with Crippen LogP contribution in [0.5, 0.6) is 0 Å². The number of benzene rings is 1. The second-order valence-electron chi connectivity index (χ2n) is 7.19. The summed E-state index contributed by atoms with van der Waals surface area (Å²) in [7, 11) is 0. The molecule has 1 amide bonds. The van der Waals surface area contributed by atoms with E-state index >= 15 is 0 Å². The van der Waals surface area contributed by atoms with Gasteiger partial charge in [0.15, 0.2) is 0 Å². The van der Waals surface area contributed by atoms with E-state index in [9.17, 15) is 4.79 Å². The maximum Gasteiger partial charge on any atom is 0.242 e. The van der Waals surface area contributed by atoms with E-state index in [0.717, 1.165) is 28.1 Å². The van der Waals surface area contributed by atoms with Crippen LogP contribution in [0.25, 0.3) is 11.0 Å². The van der Waals surface area contributed by atoms with E-state index in [1.54, 1.807) is 24.9 Å². The molecule has 30 heavy (non-hydrogen) atoms. The lowest BCUT2D eigenvalue weighted by atomic mass is 10.1. The number of fused-ring (bicyclic) bond motifs is 2. The summed E-state index contributed by atoms with van der Waals surface area (Å²) >= 11 is 0. The van der Waals surface area contributed by atoms with E-state index in [4.69, 9.17) is 0 Å². The van der Waals surface area contributed by atoms with Gasteiger partial charge in [0.05, 0.1) is 35.8 Å². The van der Waals surface area contributed by atoms with Gasteiger partial charge in [-0.05, 0) is 25.5 Å². The van der Waals surface area contributed by atoms with Crippen LogP contribution in [0.3, 0.4) is 0 Å². The SMILES string of the molecule is Cc1nc2c(c(Nc3cnccn3)n1)CCN(C(=O)Cn1cnc3ccccc31)C2. The van der Waals surface area contributed by atoms with E-state index in [-0.39, 0.29) is 12.5 Å². The second-order valence-corrected chi connectivity index (χ2v) is 7.19. The third-order valence-corrected chi connectivity index (χ3v) is 5.17. The fourth-order valence-electron chi connectivity index (χ4n) is 3.74. The van der Waals surface area contributed by atoms with Crippen molar-refractivity contribution in [2.24, 2.45) is 0 Å². The molecule has 0 saturated heterocycles. The van der Waals surface area contributed by atoms with Crippen LogP contribution in [0.1, 0.15) is 17.1 Å². The zero-order valence-corrected chi connectivity index (χ0v) is 16.5. The van der Waals surface area contributed by atoms with Gasteiger partial charge in [-0.2, -0.15) is 0 Å². The Balaban J connectivity index is 1.36. The van der Waals surface area contributed by atoms with Crippen molar-refractivity contribution in [3.8, 4) is 0 Å². The zero-order valence-electron chi connectivity index (χ0n) is 16.5. The predicted molar refractivity (Wildman–Crippen MR) is 111 cm³/mol. The number of aromatic nitrogens is 6. The number of hydrogen-bond donors (Lipinski definition) is 1. The highest BCUT2D eigenvalue weighted by molar-refractivity contribution is 5.80. The molecule has 0 bridgehead atoms. The molecule has 0 unspecified atom stereocenters. The molecule has 4 aromatic rings. The average Bonchev–Trinajstić information content (AvgIpc) is 3.17. The first-order valence-corrected chi connectivity index (χ1v) is 9.74. The third kappa shape index (κ3) is 3.45. The Morgan fingerprint density at radius 3 is 2.93 bits per heavy atom. The lowest BCUT2D eigenvalue weighted by Gasteiger charge is -2.29. The maximum atomic E-state index is 13.0. The Kier molecular flexibility index (Phi) is 4.55. The summed E-state index contributed by atoms with van der Waals surface area (Å²) in [5, 5.41) is 3.23. The Morgan fingerprint density at radius 2 is 2.07 bits per heavy atom. The van der Waals surface area contributed by atoms with Crippen LogP contribution in [0.2, 0.25) is 0 Å². The molecule has 1 aliphatic rings. The van der Waals surface area contributed by atoms with Crippen LogP contribution in [0.4, 0.5) is 11.6 Å². The van der Waals surface area contributed by atoms with Crippen molar-refractivity contribution in [3.63, 3.8) is 0 Å². The Morgan fingerprint density at radius 1 is 1.17 bits per heavy atom. The molecule has 3 aromatic heterocycles. The van der Waals surface area contributed by atoms with Gasteiger partial charge in [-0.15, -0.1) is 0 Å². The molecule has 0 spiro atoms. The van der Waals surface area contributed by atoms with Crippen molar-refractivity contribution in [2.45, 2.75) is 26.4 Å². The van der Waals surface area contributed by atoms with Gasteiger partial charge in [-0.25, -0.2) is 19.9 Å². The predicted octanol–water partition coefficient (Wildman–Crippen LogP) is 2.25. The number of anilines is 2. The molecule has 0 fully saturated rings. The molecule has 150 valence electrons. The van der Waals surface area contributed by atoms with Gasteiger partial charge in [-0.3, -0.25) is 9.78 Å². The third-order valence-electron chi connectivity index (χ3n) is 5.17. The molecule has 1 aliphatic heterocycles. The van der Waals surface area contributed by atoms with Crippen LogP contribution in [-0.2, 0) is 24.3 Å². The summed E-state index contributed by atoms with van der Waals surface area (Å²) < 4.78 is 1.89. The van der Waals surface area contributed by atoms with Gasteiger partial charge in [0.1, 0.15) is 24.0 Å². The number of carbonyl (C=O) groups excluding carboxylic acids is 1. The number of aryl methyl sites for hydroxylation is 1. The quantitative estimate of drug-likeness (QED) is 0.560. The minimum absolute atomic E-state index is 0.0449. The number of nitrogens with zero attached hydrogens (tertiary/aromatic N) is 7. The highest BCUT2D eigenvalue weighted by Crippen LogP contribution is 2.26.